The summed E-state index contributed by atoms with van der Waals surface area (Å²) in [6, 6.07) is 4.01. The van der Waals surface area contributed by atoms with E-state index in [0.717, 1.165) is 0 Å². The van der Waals surface area contributed by atoms with Crippen molar-refractivity contribution in [2.24, 2.45) is 0 Å². The molecule has 0 saturated heterocycles. The molecule has 2 fully saturated rings. The quantitative estimate of drug-likeness (QED) is 0.898. The fourth-order valence-corrected chi connectivity index (χ4v) is 3.08. The van der Waals surface area contributed by atoms with Gasteiger partial charge in [-0.15, -0.1) is 0 Å². The Morgan fingerprint density at radius 1 is 1.20 bits per heavy atom. The van der Waals surface area contributed by atoms with E-state index in [-0.39, 0.29) is 0 Å². The van der Waals surface area contributed by atoms with E-state index in [0.29, 0.717) is 35.8 Å². The second kappa shape index (κ2) is 4.69. The van der Waals surface area contributed by atoms with Gasteiger partial charge in [-0.25, -0.2) is 0 Å². The molecular formula is C16H20O4. The van der Waals surface area contributed by atoms with Crippen molar-refractivity contribution >= 4 is 5.97 Å². The molecule has 4 heteroatoms. The summed E-state index contributed by atoms with van der Waals surface area (Å²) in [5.41, 5.74) is 1.10. The van der Waals surface area contributed by atoms with Gasteiger partial charge in [0.1, 0.15) is 16.9 Å². The van der Waals surface area contributed by atoms with Gasteiger partial charge < -0.3 is 14.6 Å². The largest absolute Gasteiger partial charge is 0.496 e. The summed E-state index contributed by atoms with van der Waals surface area (Å²) < 4.78 is 11.0. The molecule has 0 aliphatic heterocycles. The maximum Gasteiger partial charge on any atom is 0.314 e. The standard InChI is InChI=1S/C16H20O4/c1-19-12-8-11(10-4-3-5-10)9-13(20-2)14(12)16(6-7-16)15(17)18/h8-10H,3-7H2,1-2H3,(H,17,18). The molecular weight excluding hydrogens is 256 g/mol. The van der Waals surface area contributed by atoms with Crippen LogP contribution < -0.4 is 9.47 Å². The van der Waals surface area contributed by atoms with Gasteiger partial charge in [-0.05, 0) is 49.3 Å². The third-order valence-electron chi connectivity index (χ3n) is 4.74. The highest BCUT2D eigenvalue weighted by Crippen LogP contribution is 2.56. The van der Waals surface area contributed by atoms with Gasteiger partial charge >= 0.3 is 5.97 Å². The average molecular weight is 276 g/mol. The Labute approximate surface area is 118 Å². The molecule has 2 saturated carbocycles. The molecule has 0 spiro atoms. The number of carboxylic acids is 1. The average Bonchev–Trinajstić information content (AvgIpc) is 3.16. The molecule has 0 radical (unpaired) electrons. The molecule has 0 amide bonds. The Morgan fingerprint density at radius 2 is 1.75 bits per heavy atom. The van der Waals surface area contributed by atoms with Crippen molar-refractivity contribution in [2.45, 2.75) is 43.4 Å². The zero-order valence-corrected chi connectivity index (χ0v) is 11.9. The van der Waals surface area contributed by atoms with Crippen LogP contribution in [-0.4, -0.2) is 25.3 Å². The van der Waals surface area contributed by atoms with E-state index >= 15 is 0 Å². The minimum absolute atomic E-state index is 0.562. The molecule has 108 valence electrons. The number of hydrogen-bond donors (Lipinski definition) is 1. The Balaban J connectivity index is 2.10. The first-order valence-electron chi connectivity index (χ1n) is 7.12. The lowest BCUT2D eigenvalue weighted by atomic mass is 9.79. The molecule has 2 aliphatic carbocycles. The van der Waals surface area contributed by atoms with E-state index in [9.17, 15) is 9.90 Å². The molecule has 1 aromatic carbocycles. The van der Waals surface area contributed by atoms with Crippen LogP contribution in [0, 0.1) is 0 Å². The summed E-state index contributed by atoms with van der Waals surface area (Å²) in [7, 11) is 3.20. The van der Waals surface area contributed by atoms with E-state index in [1.54, 1.807) is 14.2 Å². The third kappa shape index (κ3) is 1.86. The molecule has 1 N–H and O–H groups in total. The molecule has 0 heterocycles. The normalized spacial score (nSPS) is 20.1. The lowest BCUT2D eigenvalue weighted by Crippen LogP contribution is -2.22. The van der Waals surface area contributed by atoms with E-state index in [1.165, 1.54) is 24.8 Å². The van der Waals surface area contributed by atoms with E-state index in [1.807, 2.05) is 12.1 Å². The monoisotopic (exact) mass is 276 g/mol. The maximum atomic E-state index is 11.6. The number of hydrogen-bond acceptors (Lipinski definition) is 3. The van der Waals surface area contributed by atoms with Crippen LogP contribution in [0.15, 0.2) is 12.1 Å². The van der Waals surface area contributed by atoms with Crippen molar-refractivity contribution in [3.8, 4) is 11.5 Å². The molecule has 0 aromatic heterocycles. The third-order valence-corrected chi connectivity index (χ3v) is 4.74. The second-order valence-electron chi connectivity index (χ2n) is 5.82. The molecule has 20 heavy (non-hydrogen) atoms. The lowest BCUT2D eigenvalue weighted by molar-refractivity contribution is -0.140. The highest BCUT2D eigenvalue weighted by atomic mass is 16.5. The van der Waals surface area contributed by atoms with Crippen LogP contribution in [0.2, 0.25) is 0 Å². The van der Waals surface area contributed by atoms with Crippen LogP contribution in [0.3, 0.4) is 0 Å². The van der Waals surface area contributed by atoms with Crippen molar-refractivity contribution in [1.82, 2.24) is 0 Å². The molecule has 3 rings (SSSR count). The van der Waals surface area contributed by atoms with Crippen molar-refractivity contribution in [3.63, 3.8) is 0 Å². The summed E-state index contributed by atoms with van der Waals surface area (Å²) in [4.78, 5) is 11.6. The maximum absolute atomic E-state index is 11.6. The number of benzene rings is 1. The number of carbonyl (C=O) groups is 1. The summed E-state index contributed by atoms with van der Waals surface area (Å²) >= 11 is 0. The zero-order chi connectivity index (χ0) is 14.3. The Bertz CT molecular complexity index is 516. The van der Waals surface area contributed by atoms with E-state index in [4.69, 9.17) is 9.47 Å². The van der Waals surface area contributed by atoms with Gasteiger partial charge in [-0.2, -0.15) is 0 Å². The van der Waals surface area contributed by atoms with Gasteiger partial charge in [-0.3, -0.25) is 4.79 Å². The topological polar surface area (TPSA) is 55.8 Å². The zero-order valence-electron chi connectivity index (χ0n) is 11.9. The van der Waals surface area contributed by atoms with Gasteiger partial charge in [0.15, 0.2) is 0 Å². The lowest BCUT2D eigenvalue weighted by Gasteiger charge is -2.28. The SMILES string of the molecule is COc1cc(C2CCC2)cc(OC)c1C1(C(=O)O)CC1. The Morgan fingerprint density at radius 3 is 2.05 bits per heavy atom. The minimum Gasteiger partial charge on any atom is -0.496 e. The fourth-order valence-electron chi connectivity index (χ4n) is 3.08. The van der Waals surface area contributed by atoms with Gasteiger partial charge in [0, 0.05) is 0 Å². The summed E-state index contributed by atoms with van der Waals surface area (Å²) in [5.74, 6) is 1.09. The molecule has 4 nitrogen and oxygen atoms in total. The van der Waals surface area contributed by atoms with Crippen LogP contribution in [0.5, 0.6) is 11.5 Å². The highest BCUT2D eigenvalue weighted by Gasteiger charge is 2.55. The molecule has 1 aromatic rings. The van der Waals surface area contributed by atoms with Crippen molar-refractivity contribution in [2.75, 3.05) is 14.2 Å². The predicted octanol–water partition coefficient (Wildman–Crippen LogP) is 3.09. The molecule has 0 unspecified atom stereocenters. The first-order chi connectivity index (χ1) is 9.62. The molecule has 2 aliphatic rings. The van der Waals surface area contributed by atoms with Crippen molar-refractivity contribution in [1.29, 1.82) is 0 Å². The fraction of sp³-hybridized carbons (Fsp3) is 0.562. The molecule has 0 bridgehead atoms. The Kier molecular flexibility index (Phi) is 3.11. The van der Waals surface area contributed by atoms with E-state index < -0.39 is 11.4 Å². The molecule has 0 atom stereocenters. The minimum atomic E-state index is -0.811. The summed E-state index contributed by atoms with van der Waals surface area (Å²) in [6.45, 7) is 0. The number of rotatable bonds is 5. The Hall–Kier alpha value is -1.71. The van der Waals surface area contributed by atoms with Crippen LogP contribution in [-0.2, 0) is 10.2 Å². The van der Waals surface area contributed by atoms with Crippen LogP contribution >= 0.6 is 0 Å². The number of carboxylic acid groups (broad SMARTS) is 1. The number of methoxy groups -OCH3 is 2. The van der Waals surface area contributed by atoms with Gasteiger partial charge in [0.25, 0.3) is 0 Å². The van der Waals surface area contributed by atoms with Crippen molar-refractivity contribution in [3.05, 3.63) is 23.3 Å². The number of aliphatic carboxylic acids is 1. The van der Waals surface area contributed by atoms with Crippen LogP contribution in [0.4, 0.5) is 0 Å². The predicted molar refractivity (Wildman–Crippen MR) is 74.7 cm³/mol. The first-order valence-corrected chi connectivity index (χ1v) is 7.12. The van der Waals surface area contributed by atoms with Gasteiger partial charge in [0.05, 0.1) is 19.8 Å². The highest BCUT2D eigenvalue weighted by molar-refractivity contribution is 5.87. The van der Waals surface area contributed by atoms with Gasteiger partial charge in [0.2, 0.25) is 0 Å². The smallest absolute Gasteiger partial charge is 0.314 e. The summed E-state index contributed by atoms with van der Waals surface area (Å²) in [6.07, 6.45) is 4.94. The van der Waals surface area contributed by atoms with Crippen LogP contribution in [0.25, 0.3) is 0 Å². The van der Waals surface area contributed by atoms with Gasteiger partial charge in [-0.1, -0.05) is 6.42 Å². The summed E-state index contributed by atoms with van der Waals surface area (Å²) in [5, 5.41) is 9.52. The number of ether oxygens (including phenoxy) is 2. The van der Waals surface area contributed by atoms with Crippen LogP contribution in [0.1, 0.15) is 49.1 Å². The van der Waals surface area contributed by atoms with Crippen molar-refractivity contribution < 1.29 is 19.4 Å². The first kappa shape index (κ1) is 13.3. The second-order valence-corrected chi connectivity index (χ2v) is 5.82. The van der Waals surface area contributed by atoms with E-state index in [2.05, 4.69) is 0 Å².